The quantitative estimate of drug-likeness (QED) is 0.849. The molecule has 1 aromatic carbocycles. The van der Waals surface area contributed by atoms with Crippen LogP contribution in [0.5, 0.6) is 0 Å². The highest BCUT2D eigenvalue weighted by Crippen LogP contribution is 2.26. The molecule has 0 aliphatic carbocycles. The zero-order chi connectivity index (χ0) is 17.2. The Kier molecular flexibility index (Phi) is 5.45. The van der Waals surface area contributed by atoms with Crippen LogP contribution in [-0.4, -0.2) is 35.7 Å². The van der Waals surface area contributed by atoms with Crippen LogP contribution in [0.4, 0.5) is 10.5 Å². The van der Waals surface area contributed by atoms with E-state index >= 15 is 0 Å². The fraction of sp³-hybridized carbons (Fsp3) is 0.611. The van der Waals surface area contributed by atoms with Gasteiger partial charge in [-0.05, 0) is 63.8 Å². The summed E-state index contributed by atoms with van der Waals surface area (Å²) in [6.45, 7) is 11.3. The first kappa shape index (κ1) is 17.9. The van der Waals surface area contributed by atoms with Crippen molar-refractivity contribution in [3.63, 3.8) is 0 Å². The number of nitrogens with one attached hydrogen (secondary N) is 1. The molecule has 1 amide bonds. The predicted octanol–water partition coefficient (Wildman–Crippen LogP) is 4.71. The fourth-order valence-electron chi connectivity index (χ4n) is 2.84. The molecule has 1 fully saturated rings. The molecule has 1 aliphatic heterocycles. The first-order valence-electron chi connectivity index (χ1n) is 8.16. The lowest BCUT2D eigenvalue weighted by molar-refractivity contribution is 0.0165. The van der Waals surface area contributed by atoms with E-state index in [-0.39, 0.29) is 6.09 Å². The maximum atomic E-state index is 12.2. The molecule has 5 heteroatoms. The number of ether oxygens (including phenoxy) is 1. The highest BCUT2D eigenvalue weighted by Gasteiger charge is 2.31. The number of anilines is 1. The first-order chi connectivity index (χ1) is 10.7. The Balaban J connectivity index is 1.95. The molecule has 0 spiro atoms. The van der Waals surface area contributed by atoms with Crippen molar-refractivity contribution in [1.82, 2.24) is 4.90 Å². The largest absolute Gasteiger partial charge is 0.444 e. The zero-order valence-electron chi connectivity index (χ0n) is 14.6. The van der Waals surface area contributed by atoms with Gasteiger partial charge in [-0.1, -0.05) is 18.5 Å². The maximum absolute atomic E-state index is 12.2. The molecule has 1 heterocycles. The number of hydrogen-bond acceptors (Lipinski definition) is 3. The third-order valence-corrected chi connectivity index (χ3v) is 4.32. The van der Waals surface area contributed by atoms with Crippen molar-refractivity contribution in [2.45, 2.75) is 52.7 Å². The monoisotopic (exact) mass is 338 g/mol. The van der Waals surface area contributed by atoms with Gasteiger partial charge in [0.05, 0.1) is 0 Å². The normalized spacial score (nSPS) is 21.9. The summed E-state index contributed by atoms with van der Waals surface area (Å²) in [7, 11) is 0. The number of amides is 1. The van der Waals surface area contributed by atoms with Gasteiger partial charge >= 0.3 is 6.09 Å². The van der Waals surface area contributed by atoms with Crippen LogP contribution in [0.2, 0.25) is 5.02 Å². The van der Waals surface area contributed by atoms with Gasteiger partial charge in [0.1, 0.15) is 5.60 Å². The molecular weight excluding hydrogens is 312 g/mol. The number of piperidine rings is 1. The molecule has 1 N–H and O–H groups in total. The van der Waals surface area contributed by atoms with Gasteiger partial charge in [0.15, 0.2) is 0 Å². The molecule has 0 aromatic heterocycles. The van der Waals surface area contributed by atoms with E-state index in [1.54, 1.807) is 0 Å². The van der Waals surface area contributed by atoms with Gasteiger partial charge in [0.2, 0.25) is 0 Å². The average Bonchev–Trinajstić information content (AvgIpc) is 2.41. The fourth-order valence-corrected chi connectivity index (χ4v) is 3.07. The van der Waals surface area contributed by atoms with Crippen molar-refractivity contribution in [3.8, 4) is 0 Å². The summed E-state index contributed by atoms with van der Waals surface area (Å²) in [6, 6.07) is 6.22. The predicted molar refractivity (Wildman–Crippen MR) is 95.2 cm³/mol. The minimum atomic E-state index is -0.449. The number of halogens is 1. The maximum Gasteiger partial charge on any atom is 0.410 e. The van der Waals surface area contributed by atoms with E-state index in [0.29, 0.717) is 25.0 Å². The minimum Gasteiger partial charge on any atom is -0.444 e. The number of benzene rings is 1. The molecule has 4 nitrogen and oxygen atoms in total. The van der Waals surface area contributed by atoms with Crippen molar-refractivity contribution in [2.75, 3.05) is 18.4 Å². The van der Waals surface area contributed by atoms with Crippen molar-refractivity contribution >= 4 is 23.4 Å². The minimum absolute atomic E-state index is 0.217. The van der Waals surface area contributed by atoms with Gasteiger partial charge in [-0.2, -0.15) is 0 Å². The molecule has 1 aliphatic rings. The second-order valence-electron chi connectivity index (χ2n) is 7.40. The molecule has 23 heavy (non-hydrogen) atoms. The molecule has 1 aromatic rings. The lowest BCUT2D eigenvalue weighted by Gasteiger charge is -2.38. The van der Waals surface area contributed by atoms with Crippen molar-refractivity contribution in [3.05, 3.63) is 28.8 Å². The Morgan fingerprint density at radius 2 is 2.09 bits per heavy atom. The molecular formula is C18H27ClN2O2. The number of carbonyl (C=O) groups excluding carboxylic acids is 1. The van der Waals surface area contributed by atoms with Crippen molar-refractivity contribution in [2.24, 2.45) is 5.92 Å². The number of hydrogen-bond donors (Lipinski definition) is 1. The first-order valence-corrected chi connectivity index (χ1v) is 8.54. The van der Waals surface area contributed by atoms with Crippen LogP contribution in [-0.2, 0) is 4.74 Å². The van der Waals surface area contributed by atoms with Gasteiger partial charge in [-0.25, -0.2) is 4.79 Å². The third-order valence-electron chi connectivity index (χ3n) is 4.09. The summed E-state index contributed by atoms with van der Waals surface area (Å²) in [4.78, 5) is 14.0. The van der Waals surface area contributed by atoms with E-state index < -0.39 is 5.60 Å². The molecule has 128 valence electrons. The molecule has 0 unspecified atom stereocenters. The zero-order valence-corrected chi connectivity index (χ0v) is 15.4. The molecule has 1 saturated heterocycles. The van der Waals surface area contributed by atoms with Gasteiger partial charge in [0, 0.05) is 29.8 Å². The van der Waals surface area contributed by atoms with Crippen LogP contribution >= 0.6 is 11.6 Å². The summed E-state index contributed by atoms with van der Waals surface area (Å²) in [5.41, 5.74) is 1.80. The summed E-state index contributed by atoms with van der Waals surface area (Å²) < 4.78 is 5.46. The number of nitrogens with zero attached hydrogens (tertiary/aromatic N) is 1. The van der Waals surface area contributed by atoms with Gasteiger partial charge < -0.3 is 15.0 Å². The Bertz CT molecular complexity index is 569. The molecule has 0 radical (unpaired) electrons. The van der Waals surface area contributed by atoms with E-state index in [1.165, 1.54) is 0 Å². The van der Waals surface area contributed by atoms with E-state index in [4.69, 9.17) is 16.3 Å². The lowest BCUT2D eigenvalue weighted by atomic mass is 9.93. The number of likely N-dealkylation sites (tertiary alicyclic amines) is 1. The smallest absolute Gasteiger partial charge is 0.410 e. The summed E-state index contributed by atoms with van der Waals surface area (Å²) in [5.74, 6) is 0.353. The Morgan fingerprint density at radius 3 is 2.65 bits per heavy atom. The SMILES string of the molecule is Cc1cc(Cl)ccc1N[C@H]1CCN(C(=O)OC(C)(C)C)C[C@H]1C. The summed E-state index contributed by atoms with van der Waals surface area (Å²) in [5, 5.41) is 4.35. The standard InChI is InChI=1S/C18H27ClN2O2/c1-12-10-14(19)6-7-15(12)20-16-8-9-21(11-13(16)2)17(22)23-18(3,4)5/h6-7,10,13,16,20H,8-9,11H2,1-5H3/t13-,16+/m1/s1. The van der Waals surface area contributed by atoms with Crippen LogP contribution in [0.25, 0.3) is 0 Å². The van der Waals surface area contributed by atoms with Gasteiger partial charge in [-0.3, -0.25) is 0 Å². The van der Waals surface area contributed by atoms with Crippen LogP contribution in [0, 0.1) is 12.8 Å². The van der Waals surface area contributed by atoms with Gasteiger partial charge in [0.25, 0.3) is 0 Å². The van der Waals surface area contributed by atoms with E-state index in [9.17, 15) is 4.79 Å². The highest BCUT2D eigenvalue weighted by molar-refractivity contribution is 6.30. The van der Waals surface area contributed by atoms with Crippen LogP contribution < -0.4 is 5.32 Å². The van der Waals surface area contributed by atoms with Crippen LogP contribution in [0.15, 0.2) is 18.2 Å². The van der Waals surface area contributed by atoms with Crippen molar-refractivity contribution in [1.29, 1.82) is 0 Å². The highest BCUT2D eigenvalue weighted by atomic mass is 35.5. The van der Waals surface area contributed by atoms with Crippen LogP contribution in [0.1, 0.15) is 39.7 Å². The Morgan fingerprint density at radius 1 is 1.39 bits per heavy atom. The molecule has 0 saturated carbocycles. The third kappa shape index (κ3) is 5.03. The average molecular weight is 339 g/mol. The Hall–Kier alpha value is -1.42. The second kappa shape index (κ2) is 7.00. The number of aryl methyl sites for hydroxylation is 1. The van der Waals surface area contributed by atoms with E-state index in [1.807, 2.05) is 43.9 Å². The topological polar surface area (TPSA) is 41.6 Å². The van der Waals surface area contributed by atoms with Crippen molar-refractivity contribution < 1.29 is 9.53 Å². The lowest BCUT2D eigenvalue weighted by Crippen LogP contribution is -2.49. The second-order valence-corrected chi connectivity index (χ2v) is 7.84. The van der Waals surface area contributed by atoms with Gasteiger partial charge in [-0.15, -0.1) is 0 Å². The number of rotatable bonds is 2. The van der Waals surface area contributed by atoms with E-state index in [0.717, 1.165) is 22.7 Å². The summed E-state index contributed by atoms with van der Waals surface area (Å²) in [6.07, 6.45) is 0.688. The summed E-state index contributed by atoms with van der Waals surface area (Å²) >= 11 is 6.01. The van der Waals surface area contributed by atoms with E-state index in [2.05, 4.69) is 19.2 Å². The number of carbonyl (C=O) groups is 1. The molecule has 2 atom stereocenters. The van der Waals surface area contributed by atoms with Crippen LogP contribution in [0.3, 0.4) is 0 Å². The molecule has 2 rings (SSSR count). The molecule has 0 bridgehead atoms. The Labute approximate surface area is 144 Å².